The van der Waals surface area contributed by atoms with E-state index >= 15 is 0 Å². The number of rotatable bonds is 5. The minimum absolute atomic E-state index is 0.0626. The molecule has 1 N–H and O–H groups in total. The van der Waals surface area contributed by atoms with Gasteiger partial charge in [-0.1, -0.05) is 0 Å². The number of pyridine rings is 1. The van der Waals surface area contributed by atoms with Crippen LogP contribution in [0.1, 0.15) is 10.5 Å². The molecule has 1 aromatic heterocycles. The molecule has 0 radical (unpaired) electrons. The van der Waals surface area contributed by atoms with Crippen LogP contribution in [0.5, 0.6) is 0 Å². The highest BCUT2D eigenvalue weighted by atomic mass is 16.2. The third-order valence-electron chi connectivity index (χ3n) is 3.77. The second kappa shape index (κ2) is 7.38. The molecule has 0 atom stereocenters. The maximum absolute atomic E-state index is 12.0. The molecule has 1 aliphatic rings. The zero-order chi connectivity index (χ0) is 15.2. The van der Waals surface area contributed by atoms with Crippen molar-refractivity contribution in [1.29, 1.82) is 0 Å². The van der Waals surface area contributed by atoms with Crippen molar-refractivity contribution in [3.8, 4) is 0 Å². The smallest absolute Gasteiger partial charge is 0.272 e. The lowest BCUT2D eigenvalue weighted by atomic mass is 10.2. The van der Waals surface area contributed by atoms with Gasteiger partial charge in [0.1, 0.15) is 5.69 Å². The predicted octanol–water partition coefficient (Wildman–Crippen LogP) is 0.125. The number of nitrogens with one attached hydrogen (secondary N) is 1. The second-order valence-corrected chi connectivity index (χ2v) is 5.61. The third-order valence-corrected chi connectivity index (χ3v) is 3.77. The summed E-state index contributed by atoms with van der Waals surface area (Å²) >= 11 is 0. The number of hydrogen-bond donors (Lipinski definition) is 1. The van der Waals surface area contributed by atoms with Gasteiger partial charge in [0.25, 0.3) is 5.91 Å². The van der Waals surface area contributed by atoms with Gasteiger partial charge in [-0.25, -0.2) is 0 Å². The monoisotopic (exact) mass is 291 g/mol. The molecule has 116 valence electrons. The Bertz CT molecular complexity index is 471. The largest absolute Gasteiger partial charge is 0.373 e. The summed E-state index contributed by atoms with van der Waals surface area (Å²) < 4.78 is 0. The Labute approximate surface area is 126 Å². The molecule has 6 heteroatoms. The SMILES string of the molecule is CN(C)C(=O)c1cc(N(C)CCN2CCNCC2)ccn1. The van der Waals surface area contributed by atoms with Gasteiger partial charge < -0.3 is 15.1 Å². The number of anilines is 1. The van der Waals surface area contributed by atoms with Crippen molar-refractivity contribution < 1.29 is 4.79 Å². The van der Waals surface area contributed by atoms with E-state index in [-0.39, 0.29) is 5.91 Å². The van der Waals surface area contributed by atoms with Crippen LogP contribution in [-0.2, 0) is 0 Å². The lowest BCUT2D eigenvalue weighted by Gasteiger charge is -2.29. The molecule has 0 spiro atoms. The molecule has 1 aromatic rings. The average molecular weight is 291 g/mol. The standard InChI is InChI=1S/C15H25N5O/c1-18(2)15(21)14-12-13(4-5-17-14)19(3)10-11-20-8-6-16-7-9-20/h4-5,12,16H,6-11H2,1-3H3. The van der Waals surface area contributed by atoms with Crippen LogP contribution in [0.3, 0.4) is 0 Å². The van der Waals surface area contributed by atoms with E-state index in [2.05, 4.69) is 27.1 Å². The van der Waals surface area contributed by atoms with E-state index in [1.54, 1.807) is 25.2 Å². The molecule has 2 heterocycles. The minimum atomic E-state index is -0.0626. The Morgan fingerprint density at radius 3 is 2.71 bits per heavy atom. The number of nitrogens with zero attached hydrogens (tertiary/aromatic N) is 4. The summed E-state index contributed by atoms with van der Waals surface area (Å²) in [5, 5.41) is 3.36. The molecule has 0 aromatic carbocycles. The van der Waals surface area contributed by atoms with E-state index in [1.165, 1.54) is 0 Å². The van der Waals surface area contributed by atoms with Crippen LogP contribution in [0.2, 0.25) is 0 Å². The van der Waals surface area contributed by atoms with E-state index in [0.29, 0.717) is 5.69 Å². The van der Waals surface area contributed by atoms with E-state index in [0.717, 1.165) is 45.0 Å². The van der Waals surface area contributed by atoms with Crippen molar-refractivity contribution in [3.63, 3.8) is 0 Å². The van der Waals surface area contributed by atoms with E-state index in [1.807, 2.05) is 12.1 Å². The fraction of sp³-hybridized carbons (Fsp3) is 0.600. The van der Waals surface area contributed by atoms with Crippen LogP contribution in [0, 0.1) is 0 Å². The van der Waals surface area contributed by atoms with Gasteiger partial charge >= 0.3 is 0 Å². The van der Waals surface area contributed by atoms with E-state index in [4.69, 9.17) is 0 Å². The molecule has 2 rings (SSSR count). The Morgan fingerprint density at radius 1 is 1.33 bits per heavy atom. The summed E-state index contributed by atoms with van der Waals surface area (Å²) in [6.07, 6.45) is 1.70. The quantitative estimate of drug-likeness (QED) is 0.835. The molecule has 1 saturated heterocycles. The Hall–Kier alpha value is -1.66. The minimum Gasteiger partial charge on any atom is -0.373 e. The van der Waals surface area contributed by atoms with Crippen molar-refractivity contribution in [1.82, 2.24) is 20.1 Å². The Balaban J connectivity index is 1.93. The maximum atomic E-state index is 12.0. The van der Waals surface area contributed by atoms with Crippen molar-refractivity contribution in [2.75, 3.05) is 65.3 Å². The summed E-state index contributed by atoms with van der Waals surface area (Å²) in [7, 11) is 5.54. The molecule has 21 heavy (non-hydrogen) atoms. The normalized spacial score (nSPS) is 15.8. The van der Waals surface area contributed by atoms with Gasteiger partial charge in [-0.3, -0.25) is 14.7 Å². The predicted molar refractivity (Wildman–Crippen MR) is 84.8 cm³/mol. The summed E-state index contributed by atoms with van der Waals surface area (Å²) in [6.45, 7) is 6.33. The number of carbonyl (C=O) groups is 1. The first-order valence-electron chi connectivity index (χ1n) is 7.40. The number of likely N-dealkylation sites (N-methyl/N-ethyl adjacent to an activating group) is 1. The fourth-order valence-electron chi connectivity index (χ4n) is 2.36. The molecule has 6 nitrogen and oxygen atoms in total. The van der Waals surface area contributed by atoms with Crippen molar-refractivity contribution in [2.45, 2.75) is 0 Å². The first-order chi connectivity index (χ1) is 10.1. The zero-order valence-corrected chi connectivity index (χ0v) is 13.2. The van der Waals surface area contributed by atoms with Crippen molar-refractivity contribution >= 4 is 11.6 Å². The van der Waals surface area contributed by atoms with Gasteiger partial charge in [0.05, 0.1) is 0 Å². The fourth-order valence-corrected chi connectivity index (χ4v) is 2.36. The topological polar surface area (TPSA) is 51.7 Å². The highest BCUT2D eigenvalue weighted by molar-refractivity contribution is 5.92. The Morgan fingerprint density at radius 2 is 2.05 bits per heavy atom. The summed E-state index contributed by atoms with van der Waals surface area (Å²) in [4.78, 5) is 22.3. The maximum Gasteiger partial charge on any atom is 0.272 e. The first kappa shape index (κ1) is 15.7. The van der Waals surface area contributed by atoms with Gasteiger partial charge in [-0.2, -0.15) is 0 Å². The van der Waals surface area contributed by atoms with Crippen LogP contribution in [-0.4, -0.2) is 81.1 Å². The molecular formula is C15H25N5O. The molecule has 0 saturated carbocycles. The molecule has 1 fully saturated rings. The Kier molecular flexibility index (Phi) is 5.52. The number of piperazine rings is 1. The van der Waals surface area contributed by atoms with E-state index < -0.39 is 0 Å². The second-order valence-electron chi connectivity index (χ2n) is 5.61. The molecule has 0 bridgehead atoms. The number of aromatic nitrogens is 1. The molecule has 0 unspecified atom stereocenters. The van der Waals surface area contributed by atoms with Gasteiger partial charge in [-0.15, -0.1) is 0 Å². The highest BCUT2D eigenvalue weighted by Gasteiger charge is 2.13. The van der Waals surface area contributed by atoms with Gasteiger partial charge in [-0.05, 0) is 12.1 Å². The van der Waals surface area contributed by atoms with Crippen LogP contribution in [0.4, 0.5) is 5.69 Å². The molecular weight excluding hydrogens is 266 g/mol. The summed E-state index contributed by atoms with van der Waals surface area (Å²) in [5.41, 5.74) is 1.52. The lowest BCUT2D eigenvalue weighted by molar-refractivity contribution is 0.0822. The molecule has 0 aliphatic carbocycles. The van der Waals surface area contributed by atoms with Crippen LogP contribution in [0.25, 0.3) is 0 Å². The van der Waals surface area contributed by atoms with Crippen molar-refractivity contribution in [3.05, 3.63) is 24.0 Å². The van der Waals surface area contributed by atoms with Gasteiger partial charge in [0.15, 0.2) is 0 Å². The van der Waals surface area contributed by atoms with Crippen LogP contribution < -0.4 is 10.2 Å². The number of amides is 1. The van der Waals surface area contributed by atoms with Crippen LogP contribution >= 0.6 is 0 Å². The third kappa shape index (κ3) is 4.41. The molecule has 1 amide bonds. The highest BCUT2D eigenvalue weighted by Crippen LogP contribution is 2.13. The van der Waals surface area contributed by atoms with E-state index in [9.17, 15) is 4.79 Å². The summed E-state index contributed by atoms with van der Waals surface area (Å²) in [5.74, 6) is -0.0626. The number of carbonyl (C=O) groups excluding carboxylic acids is 1. The lowest BCUT2D eigenvalue weighted by Crippen LogP contribution is -2.46. The van der Waals surface area contributed by atoms with Crippen LogP contribution in [0.15, 0.2) is 18.3 Å². The molecule has 1 aliphatic heterocycles. The number of hydrogen-bond acceptors (Lipinski definition) is 5. The zero-order valence-electron chi connectivity index (χ0n) is 13.2. The van der Waals surface area contributed by atoms with Crippen molar-refractivity contribution in [2.24, 2.45) is 0 Å². The van der Waals surface area contributed by atoms with Gasteiger partial charge in [0, 0.05) is 72.3 Å². The average Bonchev–Trinajstić information content (AvgIpc) is 2.53. The summed E-state index contributed by atoms with van der Waals surface area (Å²) in [6, 6.07) is 3.81. The first-order valence-corrected chi connectivity index (χ1v) is 7.40. The van der Waals surface area contributed by atoms with Gasteiger partial charge in [0.2, 0.25) is 0 Å².